The molecule has 0 bridgehead atoms. The Labute approximate surface area is 127 Å². The van der Waals surface area contributed by atoms with E-state index in [1.54, 1.807) is 36.5 Å². The first kappa shape index (κ1) is 15.3. The summed E-state index contributed by atoms with van der Waals surface area (Å²) in [6.07, 6.45) is 1.13. The van der Waals surface area contributed by atoms with E-state index in [1.807, 2.05) is 16.8 Å². The molecule has 0 aliphatic carbocycles. The molecule has 110 valence electrons. The van der Waals surface area contributed by atoms with Crippen LogP contribution in [-0.4, -0.2) is 19.0 Å². The second-order valence-electron chi connectivity index (χ2n) is 4.65. The molecule has 0 aliphatic heterocycles. The van der Waals surface area contributed by atoms with E-state index in [-0.39, 0.29) is 5.91 Å². The van der Waals surface area contributed by atoms with Crippen LogP contribution < -0.4 is 5.32 Å². The number of carbonyl (C=O) groups is 2. The number of rotatable bonds is 5. The van der Waals surface area contributed by atoms with Crippen LogP contribution in [-0.2, 0) is 16.0 Å². The van der Waals surface area contributed by atoms with Crippen LogP contribution in [0.3, 0.4) is 0 Å². The highest BCUT2D eigenvalue weighted by molar-refractivity contribution is 7.07. The van der Waals surface area contributed by atoms with Crippen molar-refractivity contribution in [3.63, 3.8) is 0 Å². The number of thiophene rings is 1. The monoisotopic (exact) mass is 303 g/mol. The van der Waals surface area contributed by atoms with E-state index < -0.39 is 5.97 Å². The Morgan fingerprint density at radius 2 is 2.10 bits per heavy atom. The molecule has 0 radical (unpaired) electrons. The first-order chi connectivity index (χ1) is 10.1. The summed E-state index contributed by atoms with van der Waals surface area (Å²) in [4.78, 5) is 23.6. The third-order valence-corrected chi connectivity index (χ3v) is 3.97. The standard InChI is InChI=1S/C16H17NO3S/c1-11-13(16(19)20-2)4-3-5-14(11)17-15(18)7-6-12-8-9-21-10-12/h3-5,8-10H,6-7H2,1-2H3,(H,17,18). The van der Waals surface area contributed by atoms with Gasteiger partial charge in [0.2, 0.25) is 5.91 Å². The number of methoxy groups -OCH3 is 1. The fourth-order valence-corrected chi connectivity index (χ4v) is 2.71. The van der Waals surface area contributed by atoms with Crippen molar-refractivity contribution in [3.8, 4) is 0 Å². The number of anilines is 1. The van der Waals surface area contributed by atoms with Crippen molar-refractivity contribution >= 4 is 28.9 Å². The Bertz CT molecular complexity index is 635. The van der Waals surface area contributed by atoms with E-state index in [0.29, 0.717) is 29.7 Å². The first-order valence-electron chi connectivity index (χ1n) is 6.60. The largest absolute Gasteiger partial charge is 0.465 e. The summed E-state index contributed by atoms with van der Waals surface area (Å²) in [5.41, 5.74) is 2.99. The number of esters is 1. The van der Waals surface area contributed by atoms with Gasteiger partial charge in [-0.15, -0.1) is 0 Å². The number of benzene rings is 1. The maximum atomic E-state index is 12.0. The van der Waals surface area contributed by atoms with E-state index in [0.717, 1.165) is 5.56 Å². The zero-order valence-corrected chi connectivity index (χ0v) is 12.8. The van der Waals surface area contributed by atoms with Crippen LogP contribution >= 0.6 is 11.3 Å². The summed E-state index contributed by atoms with van der Waals surface area (Å²) < 4.78 is 4.72. The lowest BCUT2D eigenvalue weighted by atomic mass is 10.1. The van der Waals surface area contributed by atoms with Gasteiger partial charge in [-0.2, -0.15) is 11.3 Å². The Balaban J connectivity index is 2.02. The van der Waals surface area contributed by atoms with Crippen molar-refractivity contribution in [1.82, 2.24) is 0 Å². The molecule has 0 atom stereocenters. The minimum atomic E-state index is -0.401. The molecule has 2 rings (SSSR count). The lowest BCUT2D eigenvalue weighted by Crippen LogP contribution is -2.14. The topological polar surface area (TPSA) is 55.4 Å². The van der Waals surface area contributed by atoms with Crippen LogP contribution in [0.1, 0.15) is 27.9 Å². The number of ether oxygens (including phenoxy) is 1. The molecule has 0 spiro atoms. The van der Waals surface area contributed by atoms with Crippen LogP contribution in [0.15, 0.2) is 35.0 Å². The number of aryl methyl sites for hydroxylation is 1. The van der Waals surface area contributed by atoms with Gasteiger partial charge in [-0.1, -0.05) is 6.07 Å². The number of hydrogen-bond donors (Lipinski definition) is 1. The zero-order valence-electron chi connectivity index (χ0n) is 12.0. The molecule has 5 heteroatoms. The molecule has 1 N–H and O–H groups in total. The van der Waals surface area contributed by atoms with Gasteiger partial charge in [-0.3, -0.25) is 4.79 Å². The van der Waals surface area contributed by atoms with Gasteiger partial charge in [0.25, 0.3) is 0 Å². The predicted molar refractivity (Wildman–Crippen MR) is 83.8 cm³/mol. The van der Waals surface area contributed by atoms with E-state index >= 15 is 0 Å². The smallest absolute Gasteiger partial charge is 0.338 e. The summed E-state index contributed by atoms with van der Waals surface area (Å²) in [5, 5.41) is 6.88. The fourth-order valence-electron chi connectivity index (χ4n) is 2.01. The number of amides is 1. The Hall–Kier alpha value is -2.14. The SMILES string of the molecule is COC(=O)c1cccc(NC(=O)CCc2ccsc2)c1C. The van der Waals surface area contributed by atoms with Gasteiger partial charge in [0.1, 0.15) is 0 Å². The average Bonchev–Trinajstić information content (AvgIpc) is 3.00. The van der Waals surface area contributed by atoms with E-state index in [1.165, 1.54) is 7.11 Å². The molecule has 0 saturated carbocycles. The lowest BCUT2D eigenvalue weighted by Gasteiger charge is -2.11. The molecule has 21 heavy (non-hydrogen) atoms. The quantitative estimate of drug-likeness (QED) is 0.861. The highest BCUT2D eigenvalue weighted by Gasteiger charge is 2.13. The highest BCUT2D eigenvalue weighted by atomic mass is 32.1. The van der Waals surface area contributed by atoms with Gasteiger partial charge < -0.3 is 10.1 Å². The molecule has 1 heterocycles. The molecule has 1 amide bonds. The maximum Gasteiger partial charge on any atom is 0.338 e. The Morgan fingerprint density at radius 1 is 1.29 bits per heavy atom. The lowest BCUT2D eigenvalue weighted by molar-refractivity contribution is -0.116. The van der Waals surface area contributed by atoms with Crippen molar-refractivity contribution in [2.75, 3.05) is 12.4 Å². The van der Waals surface area contributed by atoms with Gasteiger partial charge >= 0.3 is 5.97 Å². The summed E-state index contributed by atoms with van der Waals surface area (Å²) in [6.45, 7) is 1.79. The molecule has 1 aromatic carbocycles. The Morgan fingerprint density at radius 3 is 2.76 bits per heavy atom. The van der Waals surface area contributed by atoms with Crippen molar-refractivity contribution in [3.05, 3.63) is 51.7 Å². The average molecular weight is 303 g/mol. The maximum absolute atomic E-state index is 12.0. The molecule has 1 aromatic heterocycles. The third kappa shape index (κ3) is 3.92. The van der Waals surface area contributed by atoms with Gasteiger partial charge in [0, 0.05) is 12.1 Å². The summed E-state index contributed by atoms with van der Waals surface area (Å²) >= 11 is 1.62. The van der Waals surface area contributed by atoms with Gasteiger partial charge in [-0.05, 0) is 53.4 Å². The van der Waals surface area contributed by atoms with Gasteiger partial charge in [0.05, 0.1) is 12.7 Å². The minimum absolute atomic E-state index is 0.0636. The fraction of sp³-hybridized carbons (Fsp3) is 0.250. The van der Waals surface area contributed by atoms with Crippen LogP contribution in [0.5, 0.6) is 0 Å². The van der Waals surface area contributed by atoms with Crippen molar-refractivity contribution in [1.29, 1.82) is 0 Å². The molecule has 2 aromatic rings. The van der Waals surface area contributed by atoms with E-state index in [9.17, 15) is 9.59 Å². The molecule has 0 unspecified atom stereocenters. The van der Waals surface area contributed by atoms with Crippen LogP contribution in [0.2, 0.25) is 0 Å². The van der Waals surface area contributed by atoms with Gasteiger partial charge in [-0.25, -0.2) is 4.79 Å². The van der Waals surface area contributed by atoms with Crippen LogP contribution in [0.25, 0.3) is 0 Å². The minimum Gasteiger partial charge on any atom is -0.465 e. The normalized spacial score (nSPS) is 10.2. The van der Waals surface area contributed by atoms with Gasteiger partial charge in [0.15, 0.2) is 0 Å². The summed E-state index contributed by atoms with van der Waals surface area (Å²) in [7, 11) is 1.34. The molecule has 0 fully saturated rings. The summed E-state index contributed by atoms with van der Waals surface area (Å²) in [5.74, 6) is -0.465. The third-order valence-electron chi connectivity index (χ3n) is 3.23. The highest BCUT2D eigenvalue weighted by Crippen LogP contribution is 2.20. The molecule has 0 saturated heterocycles. The van der Waals surface area contributed by atoms with E-state index in [4.69, 9.17) is 4.74 Å². The zero-order chi connectivity index (χ0) is 15.2. The number of carbonyl (C=O) groups excluding carboxylic acids is 2. The van der Waals surface area contributed by atoms with E-state index in [2.05, 4.69) is 5.32 Å². The number of nitrogens with one attached hydrogen (secondary N) is 1. The van der Waals surface area contributed by atoms with Crippen molar-refractivity contribution in [2.45, 2.75) is 19.8 Å². The molecule has 4 nitrogen and oxygen atoms in total. The van der Waals surface area contributed by atoms with Crippen molar-refractivity contribution in [2.24, 2.45) is 0 Å². The van der Waals surface area contributed by atoms with Crippen molar-refractivity contribution < 1.29 is 14.3 Å². The second-order valence-corrected chi connectivity index (χ2v) is 5.43. The molecular formula is C16H17NO3S. The molecular weight excluding hydrogens is 286 g/mol. The number of hydrogen-bond acceptors (Lipinski definition) is 4. The first-order valence-corrected chi connectivity index (χ1v) is 7.55. The Kier molecular flexibility index (Phi) is 5.11. The van der Waals surface area contributed by atoms with Crippen LogP contribution in [0, 0.1) is 6.92 Å². The molecule has 0 aliphatic rings. The second kappa shape index (κ2) is 7.04. The predicted octanol–water partition coefficient (Wildman–Crippen LogP) is 3.41. The summed E-state index contributed by atoms with van der Waals surface area (Å²) in [6, 6.07) is 7.21. The van der Waals surface area contributed by atoms with Crippen LogP contribution in [0.4, 0.5) is 5.69 Å².